The Kier molecular flexibility index (Phi) is 4.30. The van der Waals surface area contributed by atoms with Gasteiger partial charge < -0.3 is 5.32 Å². The number of carbonyl (C=O) groups excluding carboxylic acids is 2. The number of anilines is 1. The number of amides is 1. The number of benzene rings is 1. The molecule has 0 radical (unpaired) electrons. The highest BCUT2D eigenvalue weighted by Gasteiger charge is 2.08. The van der Waals surface area contributed by atoms with Gasteiger partial charge in [-0.25, -0.2) is 4.68 Å². The zero-order valence-corrected chi connectivity index (χ0v) is 11.1. The number of hydrogen-bond donors (Lipinski definition) is 1. The molecule has 0 spiro atoms. The molecule has 2 rings (SSSR count). The quantitative estimate of drug-likeness (QED) is 0.660. The van der Waals surface area contributed by atoms with Crippen molar-refractivity contribution >= 4 is 29.6 Å². The third-order valence-corrected chi connectivity index (χ3v) is 3.16. The Hall–Kier alpha value is -2.15. The lowest BCUT2D eigenvalue weighted by Gasteiger charge is -2.08. The average molecular weight is 276 g/mol. The van der Waals surface area contributed by atoms with Gasteiger partial charge in [0, 0.05) is 4.90 Å². The van der Waals surface area contributed by atoms with Crippen molar-refractivity contribution in [2.24, 2.45) is 0 Å². The summed E-state index contributed by atoms with van der Waals surface area (Å²) in [5.41, 5.74) is 0.966. The van der Waals surface area contributed by atoms with Crippen molar-refractivity contribution in [3.63, 3.8) is 0 Å². The molecule has 6 nitrogen and oxygen atoms in total. The maximum Gasteiger partial charge on any atom is 0.246 e. The number of aromatic nitrogens is 3. The van der Waals surface area contributed by atoms with E-state index in [4.69, 9.17) is 0 Å². The summed E-state index contributed by atoms with van der Waals surface area (Å²) in [5, 5.41) is 10.1. The summed E-state index contributed by atoms with van der Waals surface area (Å²) in [7, 11) is 0. The summed E-state index contributed by atoms with van der Waals surface area (Å²) < 4.78 is 1.32. The summed E-state index contributed by atoms with van der Waals surface area (Å²) in [4.78, 5) is 23.3. The second-order valence-corrected chi connectivity index (χ2v) is 4.56. The van der Waals surface area contributed by atoms with E-state index >= 15 is 0 Å². The number of thioether (sulfide) groups is 1. The van der Waals surface area contributed by atoms with Gasteiger partial charge in [-0.05, 0) is 18.4 Å². The molecule has 98 valence electrons. The Bertz CT molecular complexity index is 597. The third kappa shape index (κ3) is 3.41. The van der Waals surface area contributed by atoms with Crippen LogP contribution in [0.3, 0.4) is 0 Å². The van der Waals surface area contributed by atoms with Crippen LogP contribution in [-0.2, 0) is 11.3 Å². The molecule has 19 heavy (non-hydrogen) atoms. The molecule has 0 fully saturated rings. The van der Waals surface area contributed by atoms with Gasteiger partial charge in [-0.3, -0.25) is 9.59 Å². The van der Waals surface area contributed by atoms with Crippen LogP contribution in [0.1, 0.15) is 10.5 Å². The van der Waals surface area contributed by atoms with Crippen LogP contribution in [0.4, 0.5) is 5.69 Å². The number of hydrogen-bond acceptors (Lipinski definition) is 5. The molecule has 1 aromatic carbocycles. The van der Waals surface area contributed by atoms with E-state index in [9.17, 15) is 9.59 Å². The lowest BCUT2D eigenvalue weighted by atomic mass is 10.3. The number of nitrogens with zero attached hydrogens (tertiary/aromatic N) is 3. The molecule has 0 saturated carbocycles. The van der Waals surface area contributed by atoms with E-state index in [0.717, 1.165) is 10.6 Å². The van der Waals surface area contributed by atoms with E-state index in [1.807, 2.05) is 30.5 Å². The van der Waals surface area contributed by atoms with Gasteiger partial charge in [0.2, 0.25) is 5.91 Å². The van der Waals surface area contributed by atoms with Crippen molar-refractivity contribution < 1.29 is 9.59 Å². The molecular weight excluding hydrogens is 264 g/mol. The summed E-state index contributed by atoms with van der Waals surface area (Å²) >= 11 is 1.56. The SMILES string of the molecule is CSc1ccccc1NC(=O)Cn1cc(C=O)nn1. The maximum atomic E-state index is 11.9. The summed E-state index contributed by atoms with van der Waals surface area (Å²) in [5.74, 6) is -0.219. The Morgan fingerprint density at radius 3 is 2.95 bits per heavy atom. The van der Waals surface area contributed by atoms with Crippen molar-refractivity contribution in [2.75, 3.05) is 11.6 Å². The van der Waals surface area contributed by atoms with Crippen molar-refractivity contribution in [2.45, 2.75) is 11.4 Å². The summed E-state index contributed by atoms with van der Waals surface area (Å²) in [6.07, 6.45) is 3.95. The molecule has 0 unspecified atom stereocenters. The molecule has 0 aliphatic carbocycles. The number of para-hydroxylation sites is 1. The van der Waals surface area contributed by atoms with Crippen LogP contribution in [0, 0.1) is 0 Å². The molecule has 1 N–H and O–H groups in total. The normalized spacial score (nSPS) is 10.2. The fraction of sp³-hybridized carbons (Fsp3) is 0.167. The highest BCUT2D eigenvalue weighted by molar-refractivity contribution is 7.98. The summed E-state index contributed by atoms with van der Waals surface area (Å²) in [6, 6.07) is 7.53. The second kappa shape index (κ2) is 6.14. The van der Waals surface area contributed by atoms with E-state index < -0.39 is 0 Å². The monoisotopic (exact) mass is 276 g/mol. The molecule has 1 aromatic heterocycles. The van der Waals surface area contributed by atoms with Gasteiger partial charge >= 0.3 is 0 Å². The van der Waals surface area contributed by atoms with Gasteiger partial charge in [0.25, 0.3) is 0 Å². The minimum absolute atomic E-state index is 0.0174. The molecular formula is C12H12N4O2S. The van der Waals surface area contributed by atoms with Gasteiger partial charge in [-0.15, -0.1) is 16.9 Å². The number of rotatable bonds is 5. The van der Waals surface area contributed by atoms with Gasteiger partial charge in [-0.2, -0.15) is 0 Å². The number of nitrogens with one attached hydrogen (secondary N) is 1. The first-order chi connectivity index (χ1) is 9.22. The predicted molar refractivity (Wildman–Crippen MR) is 72.3 cm³/mol. The third-order valence-electron chi connectivity index (χ3n) is 2.36. The second-order valence-electron chi connectivity index (χ2n) is 3.71. The van der Waals surface area contributed by atoms with Crippen LogP contribution in [0.2, 0.25) is 0 Å². The van der Waals surface area contributed by atoms with Gasteiger partial charge in [0.1, 0.15) is 12.2 Å². The Morgan fingerprint density at radius 2 is 2.26 bits per heavy atom. The van der Waals surface area contributed by atoms with Crippen LogP contribution in [0.5, 0.6) is 0 Å². The highest BCUT2D eigenvalue weighted by Crippen LogP contribution is 2.24. The Balaban J connectivity index is 2.03. The molecule has 0 aliphatic rings. The molecule has 0 bridgehead atoms. The zero-order valence-electron chi connectivity index (χ0n) is 10.2. The van der Waals surface area contributed by atoms with Crippen LogP contribution < -0.4 is 5.32 Å². The standard InChI is InChI=1S/C12H12N4O2S/c1-19-11-5-3-2-4-10(11)13-12(18)7-16-6-9(8-17)14-15-16/h2-6,8H,7H2,1H3,(H,13,18). The topological polar surface area (TPSA) is 76.9 Å². The van der Waals surface area contributed by atoms with Crippen molar-refractivity contribution in [1.29, 1.82) is 0 Å². The van der Waals surface area contributed by atoms with Crippen LogP contribution in [0.15, 0.2) is 35.4 Å². The van der Waals surface area contributed by atoms with E-state index in [2.05, 4.69) is 15.6 Å². The smallest absolute Gasteiger partial charge is 0.246 e. The van der Waals surface area contributed by atoms with E-state index in [1.54, 1.807) is 11.8 Å². The van der Waals surface area contributed by atoms with Crippen molar-refractivity contribution in [3.05, 3.63) is 36.2 Å². The first-order valence-electron chi connectivity index (χ1n) is 5.51. The molecule has 1 amide bonds. The molecule has 0 aliphatic heterocycles. The first-order valence-corrected chi connectivity index (χ1v) is 6.73. The van der Waals surface area contributed by atoms with Crippen molar-refractivity contribution in [1.82, 2.24) is 15.0 Å². The number of aldehydes is 1. The van der Waals surface area contributed by atoms with Gasteiger partial charge in [-0.1, -0.05) is 17.3 Å². The lowest BCUT2D eigenvalue weighted by molar-refractivity contribution is -0.116. The van der Waals surface area contributed by atoms with Crippen molar-refractivity contribution in [3.8, 4) is 0 Å². The van der Waals surface area contributed by atoms with E-state index in [0.29, 0.717) is 6.29 Å². The van der Waals surface area contributed by atoms with Crippen LogP contribution >= 0.6 is 11.8 Å². The maximum absolute atomic E-state index is 11.9. The lowest BCUT2D eigenvalue weighted by Crippen LogP contribution is -2.19. The minimum Gasteiger partial charge on any atom is -0.323 e. The fourth-order valence-electron chi connectivity index (χ4n) is 1.53. The molecule has 0 atom stereocenters. The predicted octanol–water partition coefficient (Wildman–Crippen LogP) is 1.45. The minimum atomic E-state index is -0.219. The van der Waals surface area contributed by atoms with Crippen LogP contribution in [-0.4, -0.2) is 33.4 Å². The Labute approximate surface area is 114 Å². The highest BCUT2D eigenvalue weighted by atomic mass is 32.2. The molecule has 7 heteroatoms. The average Bonchev–Trinajstić information content (AvgIpc) is 2.87. The van der Waals surface area contributed by atoms with Gasteiger partial charge in [0.05, 0.1) is 11.9 Å². The van der Waals surface area contributed by atoms with E-state index in [1.165, 1.54) is 10.9 Å². The number of carbonyl (C=O) groups is 2. The largest absolute Gasteiger partial charge is 0.323 e. The fourth-order valence-corrected chi connectivity index (χ4v) is 2.08. The van der Waals surface area contributed by atoms with Gasteiger partial charge in [0.15, 0.2) is 6.29 Å². The summed E-state index contributed by atoms with van der Waals surface area (Å²) in [6.45, 7) is 0.0174. The first kappa shape index (κ1) is 13.3. The Morgan fingerprint density at radius 1 is 1.47 bits per heavy atom. The molecule has 2 aromatic rings. The van der Waals surface area contributed by atoms with E-state index in [-0.39, 0.29) is 18.1 Å². The van der Waals surface area contributed by atoms with Crippen LogP contribution in [0.25, 0.3) is 0 Å². The molecule has 0 saturated heterocycles. The molecule has 1 heterocycles. The zero-order chi connectivity index (χ0) is 13.7.